The molecule has 0 spiro atoms. The molecular formula is C13H20BrFN2O3S. The molecule has 120 valence electrons. The topological polar surface area (TPSA) is 92.4 Å². The molecule has 0 radical (unpaired) electrons. The Hall–Kier alpha value is -0.700. The maximum atomic E-state index is 13.3. The van der Waals surface area contributed by atoms with Crippen molar-refractivity contribution in [3.8, 4) is 0 Å². The molecule has 0 saturated heterocycles. The Morgan fingerprint density at radius 3 is 2.62 bits per heavy atom. The molecule has 0 amide bonds. The summed E-state index contributed by atoms with van der Waals surface area (Å²) in [6.07, 6.45) is 1.27. The highest BCUT2D eigenvalue weighted by atomic mass is 79.9. The minimum Gasteiger partial charge on any atom is -0.398 e. The van der Waals surface area contributed by atoms with Crippen molar-refractivity contribution in [1.82, 2.24) is 4.72 Å². The molecule has 0 aliphatic rings. The zero-order chi connectivity index (χ0) is 16.3. The molecule has 0 saturated carbocycles. The number of nitrogens with two attached hydrogens (primary N) is 1. The molecule has 0 aliphatic heterocycles. The molecule has 21 heavy (non-hydrogen) atoms. The number of aliphatic hydroxyl groups excluding tert-OH is 1. The van der Waals surface area contributed by atoms with E-state index < -0.39 is 15.8 Å². The van der Waals surface area contributed by atoms with Crippen molar-refractivity contribution in [1.29, 1.82) is 0 Å². The van der Waals surface area contributed by atoms with Crippen molar-refractivity contribution in [2.45, 2.75) is 31.6 Å². The van der Waals surface area contributed by atoms with Gasteiger partial charge in [-0.3, -0.25) is 0 Å². The third-order valence-electron chi connectivity index (χ3n) is 3.09. The lowest BCUT2D eigenvalue weighted by Gasteiger charge is -2.24. The van der Waals surface area contributed by atoms with E-state index in [1.54, 1.807) is 0 Å². The minimum atomic E-state index is -3.82. The molecule has 8 heteroatoms. The predicted octanol–water partition coefficient (Wildman–Crippen LogP) is 2.25. The molecule has 4 N–H and O–H groups in total. The van der Waals surface area contributed by atoms with Crippen molar-refractivity contribution in [2.75, 3.05) is 18.9 Å². The Labute approximate surface area is 132 Å². The summed E-state index contributed by atoms with van der Waals surface area (Å²) in [4.78, 5) is -0.159. The third kappa shape index (κ3) is 5.21. The van der Waals surface area contributed by atoms with Gasteiger partial charge in [0.15, 0.2) is 0 Å². The summed E-state index contributed by atoms with van der Waals surface area (Å²) in [5, 5.41) is 8.83. The van der Waals surface area contributed by atoms with Gasteiger partial charge in [0.05, 0.1) is 10.2 Å². The summed E-state index contributed by atoms with van der Waals surface area (Å²) in [6, 6.07) is 2.11. The van der Waals surface area contributed by atoms with E-state index in [1.807, 2.05) is 13.8 Å². The van der Waals surface area contributed by atoms with Crippen LogP contribution in [0.3, 0.4) is 0 Å². The number of aliphatic hydroxyl groups is 1. The SMILES string of the molecule is CC(C)(CCCO)CNS(=O)(=O)c1cc(Br)c(F)cc1N. The van der Waals surface area contributed by atoms with Crippen LogP contribution in [0.15, 0.2) is 21.5 Å². The van der Waals surface area contributed by atoms with Crippen LogP contribution in [0, 0.1) is 11.2 Å². The van der Waals surface area contributed by atoms with Crippen molar-refractivity contribution in [3.05, 3.63) is 22.4 Å². The number of nitrogens with one attached hydrogen (secondary N) is 1. The van der Waals surface area contributed by atoms with E-state index >= 15 is 0 Å². The van der Waals surface area contributed by atoms with Gasteiger partial charge in [-0.05, 0) is 46.3 Å². The molecule has 0 unspecified atom stereocenters. The normalized spacial score (nSPS) is 12.6. The van der Waals surface area contributed by atoms with Crippen molar-refractivity contribution in [2.24, 2.45) is 5.41 Å². The number of hydrogen-bond donors (Lipinski definition) is 3. The smallest absolute Gasteiger partial charge is 0.242 e. The molecule has 0 aliphatic carbocycles. The fourth-order valence-corrected chi connectivity index (χ4v) is 3.66. The van der Waals surface area contributed by atoms with E-state index in [0.29, 0.717) is 12.8 Å². The van der Waals surface area contributed by atoms with E-state index in [0.717, 1.165) is 12.1 Å². The molecule has 0 aromatic heterocycles. The van der Waals surface area contributed by atoms with Crippen LogP contribution in [0.25, 0.3) is 0 Å². The van der Waals surface area contributed by atoms with E-state index in [-0.39, 0.29) is 33.6 Å². The number of hydrogen-bond acceptors (Lipinski definition) is 4. The molecule has 1 aromatic carbocycles. The molecule has 0 heterocycles. The zero-order valence-electron chi connectivity index (χ0n) is 12.0. The van der Waals surface area contributed by atoms with Crippen LogP contribution in [0.4, 0.5) is 10.1 Å². The summed E-state index contributed by atoms with van der Waals surface area (Å²) in [7, 11) is -3.82. The maximum absolute atomic E-state index is 13.3. The molecular weight excluding hydrogens is 363 g/mol. The van der Waals surface area contributed by atoms with Gasteiger partial charge < -0.3 is 10.8 Å². The summed E-state index contributed by atoms with van der Waals surface area (Å²) in [5.74, 6) is -0.616. The first-order valence-corrected chi connectivity index (χ1v) is 8.72. The standard InChI is InChI=1S/C13H20BrFN2O3S/c1-13(2,4-3-5-18)8-17-21(19,20)12-6-9(14)10(15)7-11(12)16/h6-7,17-18H,3-5,8,16H2,1-2H3. The lowest BCUT2D eigenvalue weighted by atomic mass is 9.88. The molecule has 1 aromatic rings. The maximum Gasteiger partial charge on any atom is 0.242 e. The first kappa shape index (κ1) is 18.3. The minimum absolute atomic E-state index is 0.0385. The highest BCUT2D eigenvalue weighted by Gasteiger charge is 2.24. The van der Waals surface area contributed by atoms with Crippen LogP contribution in [0.2, 0.25) is 0 Å². The lowest BCUT2D eigenvalue weighted by molar-refractivity contribution is 0.242. The van der Waals surface area contributed by atoms with Crippen LogP contribution in [0.5, 0.6) is 0 Å². The number of sulfonamides is 1. The Kier molecular flexibility index (Phi) is 6.15. The summed E-state index contributed by atoms with van der Waals surface area (Å²) in [6.45, 7) is 4.06. The van der Waals surface area contributed by atoms with E-state index in [2.05, 4.69) is 20.7 Å². The van der Waals surface area contributed by atoms with Crippen LogP contribution in [-0.2, 0) is 10.0 Å². The first-order valence-electron chi connectivity index (χ1n) is 6.44. The fourth-order valence-electron chi connectivity index (χ4n) is 1.79. The second-order valence-electron chi connectivity index (χ2n) is 5.62. The quantitative estimate of drug-likeness (QED) is 0.630. The van der Waals surface area contributed by atoms with Crippen LogP contribution >= 0.6 is 15.9 Å². The number of rotatable bonds is 7. The fraction of sp³-hybridized carbons (Fsp3) is 0.538. The predicted molar refractivity (Wildman–Crippen MR) is 83.8 cm³/mol. The van der Waals surface area contributed by atoms with Crippen molar-refractivity contribution in [3.63, 3.8) is 0 Å². The van der Waals surface area contributed by atoms with E-state index in [4.69, 9.17) is 10.8 Å². The highest BCUT2D eigenvalue weighted by Crippen LogP contribution is 2.27. The average molecular weight is 383 g/mol. The average Bonchev–Trinajstić information content (AvgIpc) is 2.38. The van der Waals surface area contributed by atoms with Crippen molar-refractivity contribution >= 4 is 31.6 Å². The number of nitrogen functional groups attached to an aromatic ring is 1. The zero-order valence-corrected chi connectivity index (χ0v) is 14.4. The van der Waals surface area contributed by atoms with E-state index in [1.165, 1.54) is 0 Å². The molecule has 0 fully saturated rings. The molecule has 0 atom stereocenters. The highest BCUT2D eigenvalue weighted by molar-refractivity contribution is 9.10. The molecule has 0 bridgehead atoms. The van der Waals surface area contributed by atoms with Gasteiger partial charge in [0, 0.05) is 13.2 Å². The van der Waals surface area contributed by atoms with Gasteiger partial charge >= 0.3 is 0 Å². The Bertz CT molecular complexity index is 606. The van der Waals surface area contributed by atoms with E-state index in [9.17, 15) is 12.8 Å². The van der Waals surface area contributed by atoms with Crippen LogP contribution in [0.1, 0.15) is 26.7 Å². The van der Waals surface area contributed by atoms with Gasteiger partial charge in [0.2, 0.25) is 10.0 Å². The van der Waals surface area contributed by atoms with Crippen molar-refractivity contribution < 1.29 is 17.9 Å². The van der Waals surface area contributed by atoms with Crippen LogP contribution < -0.4 is 10.5 Å². The van der Waals surface area contributed by atoms with Gasteiger partial charge in [-0.1, -0.05) is 13.8 Å². The third-order valence-corrected chi connectivity index (χ3v) is 5.16. The number of benzene rings is 1. The monoisotopic (exact) mass is 382 g/mol. The van der Waals surface area contributed by atoms with Gasteiger partial charge in [-0.15, -0.1) is 0 Å². The van der Waals surface area contributed by atoms with Gasteiger partial charge in [-0.2, -0.15) is 0 Å². The molecule has 5 nitrogen and oxygen atoms in total. The lowest BCUT2D eigenvalue weighted by Crippen LogP contribution is -2.34. The summed E-state index contributed by atoms with van der Waals surface area (Å²) < 4.78 is 40.3. The number of halogens is 2. The largest absolute Gasteiger partial charge is 0.398 e. The number of anilines is 1. The first-order chi connectivity index (χ1) is 9.59. The Morgan fingerprint density at radius 2 is 2.05 bits per heavy atom. The van der Waals surface area contributed by atoms with Crippen LogP contribution in [-0.4, -0.2) is 26.7 Å². The Morgan fingerprint density at radius 1 is 1.43 bits per heavy atom. The second-order valence-corrected chi connectivity index (χ2v) is 8.21. The summed E-state index contributed by atoms with van der Waals surface area (Å²) in [5.41, 5.74) is 5.14. The van der Waals surface area contributed by atoms with Gasteiger partial charge in [0.1, 0.15) is 10.7 Å². The van der Waals surface area contributed by atoms with Gasteiger partial charge in [-0.25, -0.2) is 17.5 Å². The summed E-state index contributed by atoms with van der Waals surface area (Å²) >= 11 is 2.95. The van der Waals surface area contributed by atoms with Gasteiger partial charge in [0.25, 0.3) is 0 Å². The molecule has 1 rings (SSSR count). The Balaban J connectivity index is 2.90. The second kappa shape index (κ2) is 7.04.